The largest absolute Gasteiger partial charge is 0.347 e. The third-order valence-electron chi connectivity index (χ3n) is 2.49. The molecule has 2 N–H and O–H groups in total. The molecule has 0 aliphatic rings. The number of amides is 1. The molecule has 16 heavy (non-hydrogen) atoms. The third kappa shape index (κ3) is 3.52. The summed E-state index contributed by atoms with van der Waals surface area (Å²) in [5.41, 5.74) is 0.466. The highest BCUT2D eigenvalue weighted by Crippen LogP contribution is 2.22. The van der Waals surface area contributed by atoms with Gasteiger partial charge in [-0.2, -0.15) is 5.10 Å². The fourth-order valence-electron chi connectivity index (χ4n) is 1.45. The highest BCUT2D eigenvalue weighted by Gasteiger charge is 2.26. The van der Waals surface area contributed by atoms with Crippen LogP contribution in [0.25, 0.3) is 0 Å². The molecule has 0 bridgehead atoms. The third-order valence-corrected chi connectivity index (χ3v) is 2.71. The van der Waals surface area contributed by atoms with Crippen molar-refractivity contribution in [1.29, 1.82) is 0 Å². The van der Waals surface area contributed by atoms with Crippen LogP contribution in [0.1, 0.15) is 37.7 Å². The van der Waals surface area contributed by atoms with Gasteiger partial charge >= 0.3 is 0 Å². The fraction of sp³-hybridized carbons (Fsp3) is 0.636. The number of H-pyrrole nitrogens is 1. The molecule has 0 spiro atoms. The first-order chi connectivity index (χ1) is 7.45. The highest BCUT2D eigenvalue weighted by atomic mass is 35.5. The molecule has 90 valence electrons. The summed E-state index contributed by atoms with van der Waals surface area (Å²) in [7, 11) is 0. The molecule has 1 atom stereocenters. The van der Waals surface area contributed by atoms with Gasteiger partial charge in [-0.3, -0.25) is 9.89 Å². The first-order valence-electron chi connectivity index (χ1n) is 5.31. The first-order valence-corrected chi connectivity index (χ1v) is 5.85. The number of halogens is 1. The first kappa shape index (κ1) is 13.0. The molecule has 0 saturated heterocycles. The van der Waals surface area contributed by atoms with Crippen molar-refractivity contribution >= 4 is 17.5 Å². The molecule has 1 unspecified atom stereocenters. The molecule has 1 heterocycles. The van der Waals surface area contributed by atoms with Crippen molar-refractivity contribution in [1.82, 2.24) is 15.5 Å². The Hall–Kier alpha value is -1.03. The molecular formula is C11H18ClN3O. The minimum atomic E-state index is -0.137. The average molecular weight is 244 g/mol. The Labute approximate surface area is 101 Å². The Morgan fingerprint density at radius 2 is 2.31 bits per heavy atom. The number of aromatic nitrogens is 2. The topological polar surface area (TPSA) is 57.8 Å². The second kappa shape index (κ2) is 5.34. The zero-order chi connectivity index (χ0) is 12.2. The minimum Gasteiger partial charge on any atom is -0.347 e. The van der Waals surface area contributed by atoms with Crippen LogP contribution in [0.2, 0.25) is 0 Å². The summed E-state index contributed by atoms with van der Waals surface area (Å²) in [5, 5.41) is 9.35. The van der Waals surface area contributed by atoms with E-state index in [1.54, 1.807) is 12.3 Å². The highest BCUT2D eigenvalue weighted by molar-refractivity contribution is 6.17. The van der Waals surface area contributed by atoms with E-state index in [9.17, 15) is 4.79 Å². The van der Waals surface area contributed by atoms with Gasteiger partial charge in [0.25, 0.3) is 5.91 Å². The van der Waals surface area contributed by atoms with Gasteiger partial charge in [0, 0.05) is 18.1 Å². The number of hydrogen-bond acceptors (Lipinski definition) is 2. The van der Waals surface area contributed by atoms with Crippen molar-refractivity contribution in [2.75, 3.05) is 5.88 Å². The molecule has 0 aliphatic heterocycles. The van der Waals surface area contributed by atoms with Gasteiger partial charge in [0.1, 0.15) is 5.69 Å². The lowest BCUT2D eigenvalue weighted by atomic mass is 9.85. The second-order valence-corrected chi connectivity index (χ2v) is 5.22. The number of nitrogens with zero attached hydrogens (tertiary/aromatic N) is 1. The van der Waals surface area contributed by atoms with E-state index in [0.717, 1.165) is 6.42 Å². The lowest BCUT2D eigenvalue weighted by Gasteiger charge is -2.30. The number of rotatable bonds is 4. The molecule has 0 fully saturated rings. The Bertz CT molecular complexity index is 329. The Balaban J connectivity index is 2.66. The summed E-state index contributed by atoms with van der Waals surface area (Å²) in [4.78, 5) is 11.8. The molecule has 4 nitrogen and oxygen atoms in total. The zero-order valence-corrected chi connectivity index (χ0v) is 10.6. The molecule has 0 aromatic carbocycles. The van der Waals surface area contributed by atoms with Gasteiger partial charge in [0.05, 0.1) is 0 Å². The van der Waals surface area contributed by atoms with E-state index < -0.39 is 0 Å². The normalized spacial score (nSPS) is 13.5. The Kier molecular flexibility index (Phi) is 4.35. The maximum absolute atomic E-state index is 11.8. The Morgan fingerprint density at radius 1 is 1.62 bits per heavy atom. The lowest BCUT2D eigenvalue weighted by Crippen LogP contribution is -2.44. The van der Waals surface area contributed by atoms with Gasteiger partial charge < -0.3 is 5.32 Å². The molecule has 1 rings (SSSR count). The lowest BCUT2D eigenvalue weighted by molar-refractivity contribution is 0.0895. The minimum absolute atomic E-state index is 0.00935. The van der Waals surface area contributed by atoms with E-state index in [4.69, 9.17) is 11.6 Å². The Morgan fingerprint density at radius 3 is 2.75 bits per heavy atom. The summed E-state index contributed by atoms with van der Waals surface area (Å²) >= 11 is 5.74. The van der Waals surface area contributed by atoms with Crippen LogP contribution in [0, 0.1) is 5.41 Å². The summed E-state index contributed by atoms with van der Waals surface area (Å²) in [5.74, 6) is 0.396. The van der Waals surface area contributed by atoms with Gasteiger partial charge in [-0.15, -0.1) is 11.6 Å². The van der Waals surface area contributed by atoms with Crippen LogP contribution >= 0.6 is 11.6 Å². The molecule has 0 saturated carbocycles. The van der Waals surface area contributed by atoms with E-state index in [0.29, 0.717) is 11.6 Å². The van der Waals surface area contributed by atoms with Crippen molar-refractivity contribution in [3.8, 4) is 0 Å². The summed E-state index contributed by atoms with van der Waals surface area (Å²) < 4.78 is 0. The predicted molar refractivity (Wildman–Crippen MR) is 64.6 cm³/mol. The summed E-state index contributed by atoms with van der Waals surface area (Å²) in [6, 6.07) is 1.70. The summed E-state index contributed by atoms with van der Waals surface area (Å²) in [6.45, 7) is 6.24. The van der Waals surface area contributed by atoms with E-state index >= 15 is 0 Å². The van der Waals surface area contributed by atoms with E-state index in [1.165, 1.54) is 0 Å². The van der Waals surface area contributed by atoms with E-state index in [2.05, 4.69) is 36.3 Å². The quantitative estimate of drug-likeness (QED) is 0.797. The van der Waals surface area contributed by atoms with Gasteiger partial charge in [-0.25, -0.2) is 0 Å². The molecule has 5 heteroatoms. The van der Waals surface area contributed by atoms with Crippen LogP contribution in [0.4, 0.5) is 0 Å². The van der Waals surface area contributed by atoms with Gasteiger partial charge in [-0.05, 0) is 17.9 Å². The number of carbonyl (C=O) groups excluding carboxylic acids is 1. The van der Waals surface area contributed by atoms with Gasteiger partial charge in [-0.1, -0.05) is 20.8 Å². The van der Waals surface area contributed by atoms with E-state index in [1.807, 2.05) is 0 Å². The van der Waals surface area contributed by atoms with Crippen LogP contribution in [0.5, 0.6) is 0 Å². The monoisotopic (exact) mass is 243 g/mol. The number of aromatic amines is 1. The van der Waals surface area contributed by atoms with Crippen LogP contribution in [-0.2, 0) is 0 Å². The van der Waals surface area contributed by atoms with Crippen LogP contribution in [0.15, 0.2) is 12.3 Å². The molecule has 0 aliphatic carbocycles. The SMILES string of the molecule is CC(C)(C)C(CCCl)NC(=O)c1ccn[nH]1. The van der Waals surface area contributed by atoms with E-state index in [-0.39, 0.29) is 17.4 Å². The maximum Gasteiger partial charge on any atom is 0.269 e. The van der Waals surface area contributed by atoms with Crippen molar-refractivity contribution in [3.63, 3.8) is 0 Å². The van der Waals surface area contributed by atoms with Gasteiger partial charge in [0.15, 0.2) is 0 Å². The van der Waals surface area contributed by atoms with Crippen LogP contribution in [0.3, 0.4) is 0 Å². The van der Waals surface area contributed by atoms with Gasteiger partial charge in [0.2, 0.25) is 0 Å². The average Bonchev–Trinajstić information content (AvgIpc) is 2.68. The van der Waals surface area contributed by atoms with Crippen molar-refractivity contribution in [2.45, 2.75) is 33.2 Å². The summed E-state index contributed by atoms with van der Waals surface area (Å²) in [6.07, 6.45) is 2.31. The number of hydrogen-bond donors (Lipinski definition) is 2. The standard InChI is InChI=1S/C11H18ClN3O/c1-11(2,3)9(4-6-12)14-10(16)8-5-7-13-15-8/h5,7,9H,4,6H2,1-3H3,(H,13,15)(H,14,16). The maximum atomic E-state index is 11.8. The molecule has 1 amide bonds. The van der Waals surface area contributed by atoms with Crippen molar-refractivity contribution in [2.24, 2.45) is 5.41 Å². The van der Waals surface area contributed by atoms with Crippen LogP contribution < -0.4 is 5.32 Å². The fourth-order valence-corrected chi connectivity index (χ4v) is 1.67. The molecule has 1 aromatic rings. The number of carbonyl (C=O) groups is 1. The number of alkyl halides is 1. The zero-order valence-electron chi connectivity index (χ0n) is 9.88. The molecule has 1 aromatic heterocycles. The number of nitrogens with one attached hydrogen (secondary N) is 2. The second-order valence-electron chi connectivity index (χ2n) is 4.84. The molecular weight excluding hydrogens is 226 g/mol. The smallest absolute Gasteiger partial charge is 0.269 e. The predicted octanol–water partition coefficient (Wildman–Crippen LogP) is 2.18. The van der Waals surface area contributed by atoms with Crippen LogP contribution in [-0.4, -0.2) is 28.0 Å². The van der Waals surface area contributed by atoms with Crippen molar-refractivity contribution in [3.05, 3.63) is 18.0 Å². The molecule has 0 radical (unpaired) electrons. The van der Waals surface area contributed by atoms with Crippen molar-refractivity contribution < 1.29 is 4.79 Å².